The van der Waals surface area contributed by atoms with Crippen molar-refractivity contribution in [3.63, 3.8) is 0 Å². The summed E-state index contributed by atoms with van der Waals surface area (Å²) >= 11 is 9.44. The highest BCUT2D eigenvalue weighted by atomic mass is 79.9. The fourth-order valence-corrected chi connectivity index (χ4v) is 5.54. The first-order valence-corrected chi connectivity index (χ1v) is 10.5. The Balaban J connectivity index is 2.04. The Kier molecular flexibility index (Phi) is 6.14. The number of hydrogen-bond acceptors (Lipinski definition) is 3. The predicted molar refractivity (Wildman–Crippen MR) is 96.7 cm³/mol. The minimum absolute atomic E-state index is 0.125. The van der Waals surface area contributed by atoms with E-state index in [4.69, 9.17) is 11.6 Å². The van der Waals surface area contributed by atoms with Crippen LogP contribution < -0.4 is 0 Å². The Morgan fingerprint density at radius 2 is 1.96 bits per heavy atom. The fourth-order valence-electron chi connectivity index (χ4n) is 2.85. The summed E-state index contributed by atoms with van der Waals surface area (Å²) < 4.78 is 25.4. The van der Waals surface area contributed by atoms with E-state index in [1.807, 2.05) is 13.8 Å². The zero-order valence-corrected chi connectivity index (χ0v) is 16.4. The van der Waals surface area contributed by atoms with Gasteiger partial charge in [-0.3, -0.25) is 4.79 Å². The van der Waals surface area contributed by atoms with Crippen molar-refractivity contribution in [2.24, 2.45) is 5.92 Å². The van der Waals surface area contributed by atoms with Gasteiger partial charge in [-0.05, 0) is 37.0 Å². The van der Waals surface area contributed by atoms with E-state index in [9.17, 15) is 13.2 Å². The number of rotatable bonds is 4. The fraction of sp³-hybridized carbons (Fsp3) is 0.562. The molecule has 1 aliphatic rings. The van der Waals surface area contributed by atoms with Gasteiger partial charge in [-0.1, -0.05) is 41.4 Å². The maximum absolute atomic E-state index is 12.6. The molecule has 0 N–H and O–H groups in total. The highest BCUT2D eigenvalue weighted by molar-refractivity contribution is 9.10. The Morgan fingerprint density at radius 3 is 2.52 bits per heavy atom. The molecule has 1 aromatic carbocycles. The Bertz CT molecular complexity index is 683. The second kappa shape index (κ2) is 7.53. The molecule has 1 heterocycles. The van der Waals surface area contributed by atoms with Crippen LogP contribution in [0.5, 0.6) is 0 Å². The minimum Gasteiger partial charge on any atom is -0.339 e. The van der Waals surface area contributed by atoms with Crippen LogP contribution in [0.3, 0.4) is 0 Å². The van der Waals surface area contributed by atoms with E-state index in [1.165, 1.54) is 0 Å². The van der Waals surface area contributed by atoms with E-state index in [1.54, 1.807) is 23.1 Å². The number of benzene rings is 1. The molecule has 0 saturated carbocycles. The third-order valence-corrected chi connectivity index (χ3v) is 7.40. The number of carbonyl (C=O) groups excluding carboxylic acids is 1. The van der Waals surface area contributed by atoms with Crippen molar-refractivity contribution in [1.29, 1.82) is 0 Å². The predicted octanol–water partition coefficient (Wildman–Crippen LogP) is 3.78. The standard InChI is InChI=1S/C16H21BrClNO3S/c1-11(2)10-23(21,22)13-5-7-19(8-6-13)16(20)14-9-12(17)3-4-15(14)18/h3-4,9,11,13H,5-8,10H2,1-2H3. The van der Waals surface area contributed by atoms with Crippen molar-refractivity contribution in [3.8, 4) is 0 Å². The van der Waals surface area contributed by atoms with Gasteiger partial charge in [-0.2, -0.15) is 0 Å². The molecule has 0 radical (unpaired) electrons. The molecule has 1 saturated heterocycles. The van der Waals surface area contributed by atoms with Gasteiger partial charge >= 0.3 is 0 Å². The lowest BCUT2D eigenvalue weighted by Gasteiger charge is -2.32. The van der Waals surface area contributed by atoms with Gasteiger partial charge in [0.05, 0.1) is 21.6 Å². The molecule has 0 aromatic heterocycles. The molecule has 0 spiro atoms. The summed E-state index contributed by atoms with van der Waals surface area (Å²) in [6.07, 6.45) is 0.985. The van der Waals surface area contributed by atoms with Crippen LogP contribution in [0.1, 0.15) is 37.0 Å². The van der Waals surface area contributed by atoms with Crippen molar-refractivity contribution in [1.82, 2.24) is 4.90 Å². The smallest absolute Gasteiger partial charge is 0.255 e. The second-order valence-electron chi connectivity index (χ2n) is 6.34. The summed E-state index contributed by atoms with van der Waals surface area (Å²) in [7, 11) is -3.08. The lowest BCUT2D eigenvalue weighted by Crippen LogP contribution is -2.43. The molecule has 0 aliphatic carbocycles. The van der Waals surface area contributed by atoms with Crippen LogP contribution in [0, 0.1) is 5.92 Å². The molecule has 1 fully saturated rings. The van der Waals surface area contributed by atoms with Crippen molar-refractivity contribution in [2.45, 2.75) is 31.9 Å². The van der Waals surface area contributed by atoms with E-state index >= 15 is 0 Å². The lowest BCUT2D eigenvalue weighted by molar-refractivity contribution is 0.0725. The zero-order valence-electron chi connectivity index (χ0n) is 13.3. The quantitative estimate of drug-likeness (QED) is 0.742. The molecule has 2 rings (SSSR count). The summed E-state index contributed by atoms with van der Waals surface area (Å²) in [5.41, 5.74) is 0.449. The first-order valence-electron chi connectivity index (χ1n) is 7.66. The van der Waals surface area contributed by atoms with Gasteiger partial charge in [0.2, 0.25) is 0 Å². The lowest BCUT2D eigenvalue weighted by atomic mass is 10.1. The summed E-state index contributed by atoms with van der Waals surface area (Å²) in [6, 6.07) is 5.16. The van der Waals surface area contributed by atoms with E-state index in [2.05, 4.69) is 15.9 Å². The highest BCUT2D eigenvalue weighted by Gasteiger charge is 2.32. The van der Waals surface area contributed by atoms with E-state index in [0.717, 1.165) is 4.47 Å². The molecule has 0 unspecified atom stereocenters. The number of carbonyl (C=O) groups is 1. The highest BCUT2D eigenvalue weighted by Crippen LogP contribution is 2.25. The number of nitrogens with zero attached hydrogens (tertiary/aromatic N) is 1. The molecule has 0 bridgehead atoms. The minimum atomic E-state index is -3.08. The summed E-state index contributed by atoms with van der Waals surface area (Å²) in [4.78, 5) is 14.3. The van der Waals surface area contributed by atoms with Gasteiger partial charge < -0.3 is 4.90 Å². The van der Waals surface area contributed by atoms with Crippen LogP contribution in [-0.4, -0.2) is 43.3 Å². The van der Waals surface area contributed by atoms with Crippen molar-refractivity contribution in [2.75, 3.05) is 18.8 Å². The third-order valence-electron chi connectivity index (χ3n) is 3.96. The molecule has 1 aromatic rings. The van der Waals surface area contributed by atoms with Gasteiger partial charge in [0.25, 0.3) is 5.91 Å². The van der Waals surface area contributed by atoms with Crippen molar-refractivity contribution < 1.29 is 13.2 Å². The molecule has 1 amide bonds. The largest absolute Gasteiger partial charge is 0.339 e. The average molecular weight is 423 g/mol. The van der Waals surface area contributed by atoms with Crippen LogP contribution in [-0.2, 0) is 9.84 Å². The zero-order chi connectivity index (χ0) is 17.2. The second-order valence-corrected chi connectivity index (χ2v) is 9.99. The molecule has 23 heavy (non-hydrogen) atoms. The maximum Gasteiger partial charge on any atom is 0.255 e. The van der Waals surface area contributed by atoms with Crippen molar-refractivity contribution >= 4 is 43.3 Å². The van der Waals surface area contributed by atoms with Gasteiger partial charge in [-0.25, -0.2) is 8.42 Å². The van der Waals surface area contributed by atoms with Gasteiger partial charge in [0.15, 0.2) is 9.84 Å². The normalized spacial score (nSPS) is 16.8. The van der Waals surface area contributed by atoms with E-state index in [0.29, 0.717) is 36.5 Å². The monoisotopic (exact) mass is 421 g/mol. The number of amides is 1. The van der Waals surface area contributed by atoms with E-state index < -0.39 is 9.84 Å². The molecular weight excluding hydrogens is 402 g/mol. The summed E-state index contributed by atoms with van der Waals surface area (Å²) in [6.45, 7) is 4.71. The Morgan fingerprint density at radius 1 is 1.35 bits per heavy atom. The van der Waals surface area contributed by atoms with Gasteiger partial charge in [-0.15, -0.1) is 0 Å². The molecule has 7 heteroatoms. The van der Waals surface area contributed by atoms with E-state index in [-0.39, 0.29) is 22.8 Å². The molecule has 4 nitrogen and oxygen atoms in total. The Hall–Kier alpha value is -0.590. The van der Waals surface area contributed by atoms with Crippen molar-refractivity contribution in [3.05, 3.63) is 33.3 Å². The summed E-state index contributed by atoms with van der Waals surface area (Å²) in [5.74, 6) is 0.194. The summed E-state index contributed by atoms with van der Waals surface area (Å²) in [5, 5.41) is 0.0692. The molecular formula is C16H21BrClNO3S. The first kappa shape index (κ1) is 18.7. The number of sulfone groups is 1. The van der Waals surface area contributed by atoms with Gasteiger partial charge in [0.1, 0.15) is 0 Å². The average Bonchev–Trinajstić information content (AvgIpc) is 2.48. The van der Waals surface area contributed by atoms with Crippen LogP contribution in [0.2, 0.25) is 5.02 Å². The number of likely N-dealkylation sites (tertiary alicyclic amines) is 1. The number of hydrogen-bond donors (Lipinski definition) is 0. The van der Waals surface area contributed by atoms with Gasteiger partial charge in [0, 0.05) is 17.6 Å². The molecule has 0 atom stereocenters. The number of halogens is 2. The number of piperidine rings is 1. The first-order chi connectivity index (χ1) is 10.7. The molecule has 1 aliphatic heterocycles. The van der Waals surface area contributed by atoms with Crippen LogP contribution >= 0.6 is 27.5 Å². The topological polar surface area (TPSA) is 54.5 Å². The SMILES string of the molecule is CC(C)CS(=O)(=O)C1CCN(C(=O)c2cc(Br)ccc2Cl)CC1. The van der Waals surface area contributed by atoms with Crippen LogP contribution in [0.4, 0.5) is 0 Å². The maximum atomic E-state index is 12.6. The third kappa shape index (κ3) is 4.70. The van der Waals surface area contributed by atoms with Crippen LogP contribution in [0.15, 0.2) is 22.7 Å². The van der Waals surface area contributed by atoms with Crippen LogP contribution in [0.25, 0.3) is 0 Å². The Labute approximate surface area is 151 Å². The molecule has 128 valence electrons.